The van der Waals surface area contributed by atoms with Crippen LogP contribution < -0.4 is 25.6 Å². The summed E-state index contributed by atoms with van der Waals surface area (Å²) in [7, 11) is 3.20. The molecule has 1 aliphatic rings. The molecule has 1 aromatic rings. The summed E-state index contributed by atoms with van der Waals surface area (Å²) in [6, 6.07) is 6.02. The van der Waals surface area contributed by atoms with Gasteiger partial charge in [0.05, 0.1) is 14.2 Å². The molecule has 3 N–H and O–H groups in total. The van der Waals surface area contributed by atoms with Crippen LogP contribution in [0, 0.1) is 11.8 Å². The van der Waals surface area contributed by atoms with Crippen molar-refractivity contribution >= 4 is 23.2 Å². The van der Waals surface area contributed by atoms with Gasteiger partial charge in [-0.25, -0.2) is 0 Å². The Morgan fingerprint density at radius 2 is 1.89 bits per heavy atom. The van der Waals surface area contributed by atoms with Gasteiger partial charge >= 0.3 is 0 Å². The van der Waals surface area contributed by atoms with Crippen molar-refractivity contribution in [1.29, 1.82) is 0 Å². The third-order valence-electron chi connectivity index (χ3n) is 5.43. The molecule has 2 rings (SSSR count). The normalized spacial score (nSPS) is 21.9. The highest BCUT2D eigenvalue weighted by atomic mass is 32.1. The molecule has 0 aliphatic heterocycles. The van der Waals surface area contributed by atoms with Crippen LogP contribution in [-0.4, -0.2) is 31.3 Å². The van der Waals surface area contributed by atoms with E-state index in [4.69, 9.17) is 21.7 Å². The summed E-state index contributed by atoms with van der Waals surface area (Å²) in [5, 5.41) is 3.80. The predicted octanol–water partition coefficient (Wildman–Crippen LogP) is 2.96. The molecule has 3 atom stereocenters. The third kappa shape index (κ3) is 6.27. The Kier molecular flexibility index (Phi) is 8.16. The molecule has 1 fully saturated rings. The number of amides is 1. The first-order chi connectivity index (χ1) is 12.9. The van der Waals surface area contributed by atoms with Crippen LogP contribution in [0.3, 0.4) is 0 Å². The van der Waals surface area contributed by atoms with Crippen LogP contribution in [0.4, 0.5) is 0 Å². The zero-order chi connectivity index (χ0) is 19.8. The van der Waals surface area contributed by atoms with E-state index in [2.05, 4.69) is 30.0 Å². The summed E-state index contributed by atoms with van der Waals surface area (Å²) in [4.78, 5) is 12.1. The van der Waals surface area contributed by atoms with Crippen LogP contribution in [0.5, 0.6) is 11.5 Å². The van der Waals surface area contributed by atoms with Crippen LogP contribution in [-0.2, 0) is 11.2 Å². The molecule has 27 heavy (non-hydrogen) atoms. The van der Waals surface area contributed by atoms with Crippen molar-refractivity contribution in [3.63, 3.8) is 0 Å². The first-order valence-electron chi connectivity index (χ1n) is 9.50. The molecule has 0 saturated heterocycles. The number of benzene rings is 1. The summed E-state index contributed by atoms with van der Waals surface area (Å²) in [5.41, 5.74) is 6.50. The number of methoxy groups -OCH3 is 2. The van der Waals surface area contributed by atoms with Gasteiger partial charge in [-0.05, 0) is 54.6 Å². The fraction of sp³-hybridized carbons (Fsp3) is 0.600. The molecule has 0 unspecified atom stereocenters. The highest BCUT2D eigenvalue weighted by Crippen LogP contribution is 2.29. The Labute approximate surface area is 167 Å². The van der Waals surface area contributed by atoms with Gasteiger partial charge in [0.25, 0.3) is 0 Å². The van der Waals surface area contributed by atoms with Crippen LogP contribution in [0.25, 0.3) is 0 Å². The van der Waals surface area contributed by atoms with Gasteiger partial charge in [0.2, 0.25) is 5.91 Å². The molecule has 1 aromatic carbocycles. The number of hydrazine groups is 1. The maximum atomic E-state index is 12.1. The first-order valence-corrected chi connectivity index (χ1v) is 9.91. The van der Waals surface area contributed by atoms with Crippen molar-refractivity contribution < 1.29 is 14.3 Å². The zero-order valence-electron chi connectivity index (χ0n) is 16.6. The first kappa shape index (κ1) is 21.3. The summed E-state index contributed by atoms with van der Waals surface area (Å²) >= 11 is 5.32. The minimum absolute atomic E-state index is 0.112. The second kappa shape index (κ2) is 10.3. The van der Waals surface area contributed by atoms with E-state index in [9.17, 15) is 4.79 Å². The maximum Gasteiger partial charge on any atom is 0.238 e. The average molecular weight is 394 g/mol. The van der Waals surface area contributed by atoms with E-state index in [1.54, 1.807) is 14.2 Å². The van der Waals surface area contributed by atoms with Crippen molar-refractivity contribution in [2.24, 2.45) is 11.8 Å². The lowest BCUT2D eigenvalue weighted by molar-refractivity contribution is -0.121. The minimum Gasteiger partial charge on any atom is -0.493 e. The largest absolute Gasteiger partial charge is 0.493 e. The number of nitrogens with one attached hydrogen (secondary N) is 3. The average Bonchev–Trinajstić information content (AvgIpc) is 2.68. The van der Waals surface area contributed by atoms with Gasteiger partial charge in [-0.3, -0.25) is 15.6 Å². The lowest BCUT2D eigenvalue weighted by atomic mass is 9.78. The Bertz CT molecular complexity index is 653. The fourth-order valence-electron chi connectivity index (χ4n) is 3.47. The Morgan fingerprint density at radius 1 is 1.15 bits per heavy atom. The number of ether oxygens (including phenoxy) is 2. The topological polar surface area (TPSA) is 71.6 Å². The molecule has 6 nitrogen and oxygen atoms in total. The van der Waals surface area contributed by atoms with Crippen molar-refractivity contribution in [3.8, 4) is 11.5 Å². The van der Waals surface area contributed by atoms with Gasteiger partial charge in [-0.1, -0.05) is 32.8 Å². The second-order valence-electron chi connectivity index (χ2n) is 7.21. The Balaban J connectivity index is 1.73. The zero-order valence-corrected chi connectivity index (χ0v) is 17.4. The van der Waals surface area contributed by atoms with Gasteiger partial charge in [-0.2, -0.15) is 0 Å². The van der Waals surface area contributed by atoms with Crippen LogP contribution >= 0.6 is 12.2 Å². The molecular formula is C20H31N3O3S. The van der Waals surface area contributed by atoms with Crippen LogP contribution in [0.15, 0.2) is 18.2 Å². The standard InChI is InChI=1S/C20H31N3O3S/c1-13-6-5-7-16(14(13)2)21-20(27)23-22-19(24)11-9-15-8-10-17(25-3)18(12-15)26-4/h8,10,12-14,16H,5-7,9,11H2,1-4H3,(H,22,24)(H2,21,23,27)/t13-,14-,16-/m1/s1. The van der Waals surface area contributed by atoms with E-state index in [0.29, 0.717) is 47.3 Å². The SMILES string of the molecule is COc1ccc(CCC(=O)NNC(=S)N[C@@H]2CCC[C@@H](C)[C@H]2C)cc1OC. The lowest BCUT2D eigenvalue weighted by Gasteiger charge is -2.35. The summed E-state index contributed by atoms with van der Waals surface area (Å²) < 4.78 is 10.5. The summed E-state index contributed by atoms with van der Waals surface area (Å²) in [6.45, 7) is 4.54. The molecule has 1 amide bonds. The molecule has 0 spiro atoms. The number of aryl methyl sites for hydroxylation is 1. The van der Waals surface area contributed by atoms with Gasteiger partial charge in [0.1, 0.15) is 0 Å². The lowest BCUT2D eigenvalue weighted by Crippen LogP contribution is -2.52. The number of thiocarbonyl (C=S) groups is 1. The van der Waals surface area contributed by atoms with E-state index in [1.807, 2.05) is 18.2 Å². The quantitative estimate of drug-likeness (QED) is 0.510. The van der Waals surface area contributed by atoms with Crippen molar-refractivity contribution in [1.82, 2.24) is 16.2 Å². The smallest absolute Gasteiger partial charge is 0.238 e. The van der Waals surface area contributed by atoms with Gasteiger partial charge in [-0.15, -0.1) is 0 Å². The van der Waals surface area contributed by atoms with Crippen molar-refractivity contribution in [3.05, 3.63) is 23.8 Å². The van der Waals surface area contributed by atoms with Gasteiger partial charge < -0.3 is 14.8 Å². The molecule has 0 radical (unpaired) electrons. The van der Waals surface area contributed by atoms with E-state index in [-0.39, 0.29) is 5.91 Å². The van der Waals surface area contributed by atoms with E-state index in [1.165, 1.54) is 12.8 Å². The van der Waals surface area contributed by atoms with Gasteiger partial charge in [0.15, 0.2) is 16.6 Å². The number of rotatable bonds is 6. The van der Waals surface area contributed by atoms with Crippen molar-refractivity contribution in [2.75, 3.05) is 14.2 Å². The maximum absolute atomic E-state index is 12.1. The second-order valence-corrected chi connectivity index (χ2v) is 7.62. The van der Waals surface area contributed by atoms with Gasteiger partial charge in [0, 0.05) is 12.5 Å². The molecular weight excluding hydrogens is 362 g/mol. The molecule has 150 valence electrons. The molecule has 0 bridgehead atoms. The molecule has 1 aliphatic carbocycles. The van der Waals surface area contributed by atoms with Crippen LogP contribution in [0.1, 0.15) is 45.1 Å². The van der Waals surface area contributed by atoms with Crippen LogP contribution in [0.2, 0.25) is 0 Å². The highest BCUT2D eigenvalue weighted by molar-refractivity contribution is 7.80. The summed E-state index contributed by atoms with van der Waals surface area (Å²) in [6.07, 6.45) is 4.55. The fourth-order valence-corrected chi connectivity index (χ4v) is 3.68. The van der Waals surface area contributed by atoms with E-state index >= 15 is 0 Å². The number of carbonyl (C=O) groups excluding carboxylic acids is 1. The number of hydrogen-bond acceptors (Lipinski definition) is 4. The number of carbonyl (C=O) groups is 1. The highest BCUT2D eigenvalue weighted by Gasteiger charge is 2.27. The Hall–Kier alpha value is -2.02. The predicted molar refractivity (Wildman–Crippen MR) is 111 cm³/mol. The van der Waals surface area contributed by atoms with E-state index in [0.717, 1.165) is 12.0 Å². The molecule has 0 aromatic heterocycles. The van der Waals surface area contributed by atoms with E-state index < -0.39 is 0 Å². The number of hydrogen-bond donors (Lipinski definition) is 3. The molecule has 1 saturated carbocycles. The molecule has 7 heteroatoms. The third-order valence-corrected chi connectivity index (χ3v) is 5.65. The molecule has 0 heterocycles. The monoisotopic (exact) mass is 393 g/mol. The minimum atomic E-state index is -0.112. The summed E-state index contributed by atoms with van der Waals surface area (Å²) in [5.74, 6) is 2.48. The Morgan fingerprint density at radius 3 is 2.59 bits per heavy atom. The van der Waals surface area contributed by atoms with Crippen molar-refractivity contribution in [2.45, 2.75) is 52.0 Å².